The highest BCUT2D eigenvalue weighted by Crippen LogP contribution is 2.47. The average molecular weight is 233 g/mol. The molecule has 2 N–H and O–H groups in total. The van der Waals surface area contributed by atoms with Crippen molar-refractivity contribution in [2.75, 3.05) is 12.3 Å². The van der Waals surface area contributed by atoms with Gasteiger partial charge in [0.15, 0.2) is 0 Å². The maximum Gasteiger partial charge on any atom is 0.00762 e. The minimum Gasteiger partial charge on any atom is -0.330 e. The van der Waals surface area contributed by atoms with Gasteiger partial charge in [-0.3, -0.25) is 0 Å². The molecule has 0 spiro atoms. The normalized spacial score (nSPS) is 22.1. The number of hydrogen-bond donors (Lipinski definition) is 1. The molecule has 2 fully saturated rings. The van der Waals surface area contributed by atoms with Gasteiger partial charge in [-0.15, -0.1) is 11.8 Å². The number of nitrogens with two attached hydrogens (primary N) is 1. The lowest BCUT2D eigenvalue weighted by atomic mass is 9.96. The summed E-state index contributed by atoms with van der Waals surface area (Å²) in [7, 11) is 0. The first-order valence-electron chi connectivity index (χ1n) is 6.26. The molecule has 0 atom stereocenters. The van der Waals surface area contributed by atoms with Crippen LogP contribution >= 0.6 is 11.8 Å². The zero-order valence-corrected chi connectivity index (χ0v) is 10.4. The first kappa shape index (κ1) is 10.7. The third-order valence-corrected chi connectivity index (χ3v) is 5.14. The van der Waals surface area contributed by atoms with Crippen LogP contribution in [0.1, 0.15) is 31.2 Å². The van der Waals surface area contributed by atoms with E-state index in [0.29, 0.717) is 5.41 Å². The highest BCUT2D eigenvalue weighted by Gasteiger charge is 2.42. The van der Waals surface area contributed by atoms with Crippen LogP contribution in [0.2, 0.25) is 0 Å². The lowest BCUT2D eigenvalue weighted by Crippen LogP contribution is -2.19. The summed E-state index contributed by atoms with van der Waals surface area (Å²) in [6.07, 6.45) is 5.44. The molecule has 0 aromatic heterocycles. The molecule has 2 saturated carbocycles. The van der Waals surface area contributed by atoms with E-state index in [1.54, 1.807) is 0 Å². The summed E-state index contributed by atoms with van der Waals surface area (Å²) in [4.78, 5) is 1.42. The Hall–Kier alpha value is -0.470. The molecule has 1 aromatic rings. The minimum atomic E-state index is 0.347. The van der Waals surface area contributed by atoms with Gasteiger partial charge < -0.3 is 5.73 Å². The van der Waals surface area contributed by atoms with Crippen LogP contribution in [0.3, 0.4) is 0 Å². The largest absolute Gasteiger partial charge is 0.330 e. The Balaban J connectivity index is 1.64. The zero-order chi connectivity index (χ0) is 11.0. The van der Waals surface area contributed by atoms with Crippen LogP contribution in [0.25, 0.3) is 0 Å². The maximum atomic E-state index is 5.84. The maximum absolute atomic E-state index is 5.84. The van der Waals surface area contributed by atoms with Crippen LogP contribution in [0.4, 0.5) is 0 Å². The van der Waals surface area contributed by atoms with Gasteiger partial charge in [0, 0.05) is 22.6 Å². The molecule has 0 unspecified atom stereocenters. The van der Waals surface area contributed by atoms with Gasteiger partial charge in [0.1, 0.15) is 0 Å². The van der Waals surface area contributed by atoms with Crippen LogP contribution in [0, 0.1) is 5.92 Å². The van der Waals surface area contributed by atoms with Gasteiger partial charge in [-0.1, -0.05) is 12.1 Å². The van der Waals surface area contributed by atoms with Gasteiger partial charge in [-0.2, -0.15) is 0 Å². The van der Waals surface area contributed by atoms with E-state index in [9.17, 15) is 0 Å². The number of benzene rings is 1. The lowest BCUT2D eigenvalue weighted by molar-refractivity contribution is 0.704. The van der Waals surface area contributed by atoms with Crippen molar-refractivity contribution in [1.82, 2.24) is 0 Å². The van der Waals surface area contributed by atoms with Crippen molar-refractivity contribution in [3.8, 4) is 0 Å². The predicted molar refractivity (Wildman–Crippen MR) is 69.9 cm³/mol. The van der Waals surface area contributed by atoms with E-state index >= 15 is 0 Å². The van der Waals surface area contributed by atoms with Crippen LogP contribution in [-0.2, 0) is 5.41 Å². The lowest BCUT2D eigenvalue weighted by Gasteiger charge is -2.13. The van der Waals surface area contributed by atoms with Gasteiger partial charge in [0.05, 0.1) is 0 Å². The van der Waals surface area contributed by atoms with Crippen molar-refractivity contribution < 1.29 is 0 Å². The Kier molecular flexibility index (Phi) is 2.72. The molecule has 86 valence electrons. The summed E-state index contributed by atoms with van der Waals surface area (Å²) in [5.41, 5.74) is 7.64. The van der Waals surface area contributed by atoms with E-state index in [0.717, 1.165) is 12.5 Å². The molecule has 3 rings (SSSR count). The highest BCUT2D eigenvalue weighted by molar-refractivity contribution is 7.99. The Labute approximate surface area is 102 Å². The third-order valence-electron chi connectivity index (χ3n) is 3.89. The van der Waals surface area contributed by atoms with Crippen molar-refractivity contribution in [3.05, 3.63) is 29.8 Å². The van der Waals surface area contributed by atoms with E-state index in [1.807, 2.05) is 11.8 Å². The monoisotopic (exact) mass is 233 g/mol. The molecule has 0 saturated heterocycles. The average Bonchev–Trinajstić information content (AvgIpc) is 3.21. The fourth-order valence-corrected chi connectivity index (χ4v) is 3.25. The number of thioether (sulfide) groups is 1. The minimum absolute atomic E-state index is 0.347. The van der Waals surface area contributed by atoms with E-state index in [4.69, 9.17) is 5.73 Å². The van der Waals surface area contributed by atoms with Crippen LogP contribution in [0.15, 0.2) is 29.2 Å². The van der Waals surface area contributed by atoms with Crippen LogP contribution in [-0.4, -0.2) is 12.3 Å². The molecule has 16 heavy (non-hydrogen) atoms. The van der Waals surface area contributed by atoms with Crippen molar-refractivity contribution in [2.45, 2.75) is 36.0 Å². The molecule has 0 bridgehead atoms. The number of rotatable bonds is 5. The first-order chi connectivity index (χ1) is 7.82. The summed E-state index contributed by atoms with van der Waals surface area (Å²) in [6.45, 7) is 0.807. The Bertz CT molecular complexity index is 363. The topological polar surface area (TPSA) is 26.0 Å². The van der Waals surface area contributed by atoms with Gasteiger partial charge in [0.25, 0.3) is 0 Å². The molecular weight excluding hydrogens is 214 g/mol. The third kappa shape index (κ3) is 2.14. The standard InChI is InChI=1S/C14H19NS/c15-10-14(7-8-14)12-3-5-13(6-4-12)16-9-11-1-2-11/h3-6,11H,1-2,7-10,15H2. The van der Waals surface area contributed by atoms with Crippen molar-refractivity contribution >= 4 is 11.8 Å². The number of hydrogen-bond acceptors (Lipinski definition) is 2. The molecule has 1 aromatic carbocycles. The van der Waals surface area contributed by atoms with Crippen molar-refractivity contribution in [1.29, 1.82) is 0 Å². The second-order valence-corrected chi connectivity index (χ2v) is 6.36. The first-order valence-corrected chi connectivity index (χ1v) is 7.24. The molecule has 0 radical (unpaired) electrons. The molecule has 2 aliphatic rings. The molecule has 0 heterocycles. The fraction of sp³-hybridized carbons (Fsp3) is 0.571. The van der Waals surface area contributed by atoms with Gasteiger partial charge in [-0.25, -0.2) is 0 Å². The van der Waals surface area contributed by atoms with Gasteiger partial charge in [0.2, 0.25) is 0 Å². The van der Waals surface area contributed by atoms with E-state index in [1.165, 1.54) is 41.9 Å². The molecule has 2 heteroatoms. The van der Waals surface area contributed by atoms with Gasteiger partial charge in [-0.05, 0) is 49.3 Å². The summed E-state index contributed by atoms with van der Waals surface area (Å²) >= 11 is 2.01. The van der Waals surface area contributed by atoms with E-state index < -0.39 is 0 Å². The molecule has 1 nitrogen and oxygen atoms in total. The quantitative estimate of drug-likeness (QED) is 0.790. The molecule has 0 amide bonds. The molecular formula is C14H19NS. The van der Waals surface area contributed by atoms with Crippen molar-refractivity contribution in [3.63, 3.8) is 0 Å². The van der Waals surface area contributed by atoms with Crippen LogP contribution < -0.4 is 5.73 Å². The molecule has 0 aliphatic heterocycles. The summed E-state index contributed by atoms with van der Waals surface area (Å²) < 4.78 is 0. The second kappa shape index (κ2) is 4.08. The van der Waals surface area contributed by atoms with Crippen molar-refractivity contribution in [2.24, 2.45) is 11.7 Å². The summed E-state index contributed by atoms with van der Waals surface area (Å²) in [6, 6.07) is 9.13. The summed E-state index contributed by atoms with van der Waals surface area (Å²) in [5.74, 6) is 2.31. The molecule has 2 aliphatic carbocycles. The Morgan fingerprint density at radius 3 is 2.38 bits per heavy atom. The van der Waals surface area contributed by atoms with Crippen LogP contribution in [0.5, 0.6) is 0 Å². The highest BCUT2D eigenvalue weighted by atomic mass is 32.2. The van der Waals surface area contributed by atoms with E-state index in [2.05, 4.69) is 24.3 Å². The SMILES string of the molecule is NCC1(c2ccc(SCC3CC3)cc2)CC1. The Morgan fingerprint density at radius 2 is 1.88 bits per heavy atom. The second-order valence-electron chi connectivity index (χ2n) is 5.26. The summed E-state index contributed by atoms with van der Waals surface area (Å²) in [5, 5.41) is 0. The van der Waals surface area contributed by atoms with E-state index in [-0.39, 0.29) is 0 Å². The Morgan fingerprint density at radius 1 is 1.19 bits per heavy atom. The zero-order valence-electron chi connectivity index (χ0n) is 9.61. The predicted octanol–water partition coefficient (Wildman–Crippen LogP) is 3.18. The van der Waals surface area contributed by atoms with Gasteiger partial charge >= 0.3 is 0 Å². The smallest absolute Gasteiger partial charge is 0.00762 e. The fourth-order valence-electron chi connectivity index (χ4n) is 2.16.